The molecular weight excluding hydrogens is 344 g/mol. The van der Waals surface area contributed by atoms with E-state index in [1.807, 2.05) is 24.3 Å². The smallest absolute Gasteiger partial charge is 0.310 e. The van der Waals surface area contributed by atoms with Crippen LogP contribution in [0.5, 0.6) is 5.75 Å². The molecule has 1 spiro atoms. The number of carbonyl (C=O) groups excluding carboxylic acids is 1. The molecule has 0 unspecified atom stereocenters. The third-order valence-corrected chi connectivity index (χ3v) is 6.26. The zero-order valence-electron chi connectivity index (χ0n) is 13.2. The second kappa shape index (κ2) is 4.80. The van der Waals surface area contributed by atoms with Gasteiger partial charge in [0.2, 0.25) is 5.91 Å². The normalized spacial score (nSPS) is 32.6. The summed E-state index contributed by atoms with van der Waals surface area (Å²) in [5.74, 6) is -2.06. The second-order valence-electron chi connectivity index (χ2n) is 6.49. The monoisotopic (exact) mass is 358 g/mol. The minimum Gasteiger partial charge on any atom is -0.497 e. The van der Waals surface area contributed by atoms with Gasteiger partial charge in [0, 0.05) is 6.07 Å². The molecule has 1 amide bonds. The highest BCUT2D eigenvalue weighted by atomic mass is 32.1. The fourth-order valence-corrected chi connectivity index (χ4v) is 5.03. The Morgan fingerprint density at radius 3 is 3.12 bits per heavy atom. The van der Waals surface area contributed by atoms with Crippen molar-refractivity contribution in [2.45, 2.75) is 11.7 Å². The Labute approximate surface area is 146 Å². The molecule has 2 saturated heterocycles. The molecule has 0 aliphatic carbocycles. The molecule has 7 nitrogen and oxygen atoms in total. The van der Waals surface area contributed by atoms with Crippen LogP contribution in [0.4, 0.5) is 5.13 Å². The molecule has 1 aromatic carbocycles. The van der Waals surface area contributed by atoms with Crippen molar-refractivity contribution in [3.63, 3.8) is 0 Å². The van der Waals surface area contributed by atoms with Crippen molar-refractivity contribution in [3.05, 3.63) is 30.4 Å². The summed E-state index contributed by atoms with van der Waals surface area (Å²) in [6.45, 7) is 0.296. The van der Waals surface area contributed by atoms with Crippen molar-refractivity contribution >= 4 is 38.6 Å². The van der Waals surface area contributed by atoms with Crippen molar-refractivity contribution < 1.29 is 24.2 Å². The molecule has 128 valence electrons. The molecule has 8 heteroatoms. The van der Waals surface area contributed by atoms with Gasteiger partial charge in [-0.3, -0.25) is 14.5 Å². The maximum Gasteiger partial charge on any atom is 0.310 e. The fraction of sp³-hybridized carbons (Fsp3) is 0.353. The highest BCUT2D eigenvalue weighted by molar-refractivity contribution is 7.22. The van der Waals surface area contributed by atoms with Crippen LogP contribution in [0.2, 0.25) is 0 Å². The molecule has 1 N–H and O–H groups in total. The molecule has 3 aliphatic rings. The number of rotatable bonds is 3. The first-order valence-electron chi connectivity index (χ1n) is 7.88. The van der Waals surface area contributed by atoms with Crippen LogP contribution in [-0.4, -0.2) is 47.3 Å². The van der Waals surface area contributed by atoms with E-state index >= 15 is 0 Å². The van der Waals surface area contributed by atoms with Gasteiger partial charge >= 0.3 is 5.97 Å². The quantitative estimate of drug-likeness (QED) is 0.840. The topological polar surface area (TPSA) is 89.0 Å². The Hall–Kier alpha value is -2.45. The van der Waals surface area contributed by atoms with Crippen LogP contribution in [0, 0.1) is 11.8 Å². The van der Waals surface area contributed by atoms with Crippen LogP contribution in [0.25, 0.3) is 10.2 Å². The van der Waals surface area contributed by atoms with E-state index in [9.17, 15) is 14.7 Å². The van der Waals surface area contributed by atoms with E-state index in [1.54, 1.807) is 18.1 Å². The van der Waals surface area contributed by atoms with E-state index in [4.69, 9.17) is 9.47 Å². The Kier molecular flexibility index (Phi) is 2.85. The van der Waals surface area contributed by atoms with E-state index in [2.05, 4.69) is 4.98 Å². The second-order valence-corrected chi connectivity index (χ2v) is 7.50. The zero-order chi connectivity index (χ0) is 17.3. The predicted octanol–water partition coefficient (Wildman–Crippen LogP) is 1.68. The van der Waals surface area contributed by atoms with Crippen LogP contribution >= 0.6 is 11.3 Å². The molecule has 25 heavy (non-hydrogen) atoms. The number of benzene rings is 1. The van der Waals surface area contributed by atoms with Crippen LogP contribution in [-0.2, 0) is 14.3 Å². The van der Waals surface area contributed by atoms with E-state index in [-0.39, 0.29) is 5.91 Å². The van der Waals surface area contributed by atoms with Crippen molar-refractivity contribution in [2.24, 2.45) is 11.8 Å². The van der Waals surface area contributed by atoms with E-state index < -0.39 is 29.5 Å². The number of fused-ring (bicyclic) bond motifs is 2. The molecular formula is C17H14N2O5S. The summed E-state index contributed by atoms with van der Waals surface area (Å²) in [4.78, 5) is 30.7. The number of aliphatic carboxylic acids is 1. The number of hydrogen-bond acceptors (Lipinski definition) is 6. The maximum absolute atomic E-state index is 13.0. The molecule has 2 aromatic rings. The number of carboxylic acid groups (broad SMARTS) is 1. The van der Waals surface area contributed by atoms with Gasteiger partial charge in [0.25, 0.3) is 0 Å². The Bertz CT molecular complexity index is 954. The van der Waals surface area contributed by atoms with E-state index in [0.29, 0.717) is 17.4 Å². The van der Waals surface area contributed by atoms with Gasteiger partial charge in [0.15, 0.2) is 5.13 Å². The van der Waals surface area contributed by atoms with E-state index in [1.165, 1.54) is 11.3 Å². The summed E-state index contributed by atoms with van der Waals surface area (Å²) in [6, 6.07) is 5.56. The molecule has 2 bridgehead atoms. The molecule has 0 saturated carbocycles. The standard InChI is InChI=1S/C17H14N2O5S/c1-23-8-2-3-11-9(6-8)18-16(25-11)19-7-17-5-4-10(24-17)12(15(21)22)13(17)14(19)20/h2-6,10,12-13H,7H2,1H3,(H,21,22)/t10-,12-,13+,17-/m0/s1. The zero-order valence-corrected chi connectivity index (χ0v) is 14.0. The van der Waals surface area contributed by atoms with Gasteiger partial charge in [-0.05, 0) is 12.1 Å². The summed E-state index contributed by atoms with van der Waals surface area (Å²) < 4.78 is 12.0. The molecule has 0 radical (unpaired) electrons. The number of nitrogens with zero attached hydrogens (tertiary/aromatic N) is 2. The van der Waals surface area contributed by atoms with Crippen molar-refractivity contribution in [1.82, 2.24) is 4.98 Å². The minimum atomic E-state index is -0.995. The molecule has 4 atom stereocenters. The minimum absolute atomic E-state index is 0.231. The number of carbonyl (C=O) groups is 2. The Balaban J connectivity index is 1.55. The van der Waals surface area contributed by atoms with Gasteiger partial charge in [0.05, 0.1) is 35.9 Å². The lowest BCUT2D eigenvalue weighted by Gasteiger charge is -2.21. The lowest BCUT2D eigenvalue weighted by molar-refractivity contribution is -0.146. The number of ether oxygens (including phenoxy) is 2. The molecule has 4 heterocycles. The molecule has 5 rings (SSSR count). The van der Waals surface area contributed by atoms with Gasteiger partial charge in [-0.2, -0.15) is 0 Å². The van der Waals surface area contributed by atoms with Gasteiger partial charge in [-0.1, -0.05) is 23.5 Å². The third kappa shape index (κ3) is 1.86. The highest BCUT2D eigenvalue weighted by Crippen LogP contribution is 2.53. The number of carboxylic acids is 1. The van der Waals surface area contributed by atoms with Crippen LogP contribution in [0.15, 0.2) is 30.4 Å². The summed E-state index contributed by atoms with van der Waals surface area (Å²) in [7, 11) is 1.59. The van der Waals surface area contributed by atoms with Gasteiger partial charge in [-0.25, -0.2) is 4.98 Å². The molecule has 3 aliphatic heterocycles. The SMILES string of the molecule is COc1ccc2sc(N3C[C@]45C=C[C@H](O4)[C@H](C(=O)O)[C@@H]5C3=O)nc2c1. The van der Waals surface area contributed by atoms with Crippen molar-refractivity contribution in [2.75, 3.05) is 18.6 Å². The first-order chi connectivity index (χ1) is 12.0. The lowest BCUT2D eigenvalue weighted by atomic mass is 9.77. The van der Waals surface area contributed by atoms with Gasteiger partial charge < -0.3 is 14.6 Å². The van der Waals surface area contributed by atoms with Crippen LogP contribution < -0.4 is 9.64 Å². The third-order valence-electron chi connectivity index (χ3n) is 5.20. The van der Waals surface area contributed by atoms with Gasteiger partial charge in [0.1, 0.15) is 17.3 Å². The fourth-order valence-electron chi connectivity index (χ4n) is 4.08. The predicted molar refractivity (Wildman–Crippen MR) is 89.9 cm³/mol. The maximum atomic E-state index is 13.0. The average Bonchev–Trinajstić information content (AvgIpc) is 3.32. The number of aromatic nitrogens is 1. The van der Waals surface area contributed by atoms with Crippen molar-refractivity contribution in [3.8, 4) is 5.75 Å². The van der Waals surface area contributed by atoms with Gasteiger partial charge in [-0.15, -0.1) is 0 Å². The Morgan fingerprint density at radius 2 is 2.36 bits per heavy atom. The summed E-state index contributed by atoms with van der Waals surface area (Å²) >= 11 is 1.40. The highest BCUT2D eigenvalue weighted by Gasteiger charge is 2.67. The summed E-state index contributed by atoms with van der Waals surface area (Å²) in [6.07, 6.45) is 3.08. The molecule has 1 aromatic heterocycles. The lowest BCUT2D eigenvalue weighted by Crippen LogP contribution is -2.39. The number of anilines is 1. The number of amides is 1. The summed E-state index contributed by atoms with van der Waals surface area (Å²) in [5, 5.41) is 10.1. The first-order valence-corrected chi connectivity index (χ1v) is 8.70. The Morgan fingerprint density at radius 1 is 1.52 bits per heavy atom. The van der Waals surface area contributed by atoms with Crippen molar-refractivity contribution in [1.29, 1.82) is 0 Å². The number of hydrogen-bond donors (Lipinski definition) is 1. The van der Waals surface area contributed by atoms with E-state index in [0.717, 1.165) is 10.2 Å². The number of methoxy groups -OCH3 is 1. The number of thiazole rings is 1. The first kappa shape index (κ1) is 14.9. The largest absolute Gasteiger partial charge is 0.497 e. The van der Waals surface area contributed by atoms with Crippen LogP contribution in [0.1, 0.15) is 0 Å². The van der Waals surface area contributed by atoms with Crippen LogP contribution in [0.3, 0.4) is 0 Å². The average molecular weight is 358 g/mol. The summed E-state index contributed by atoms with van der Waals surface area (Å²) in [5.41, 5.74) is -0.0994. The molecule has 2 fully saturated rings.